The minimum Gasteiger partial charge on any atom is -0.493 e. The van der Waals surface area contributed by atoms with E-state index in [0.29, 0.717) is 35.4 Å². The van der Waals surface area contributed by atoms with Gasteiger partial charge in [0.2, 0.25) is 0 Å². The van der Waals surface area contributed by atoms with Crippen LogP contribution >= 0.6 is 0 Å². The number of nitrogens with two attached hydrogens (primary N) is 1. The van der Waals surface area contributed by atoms with Crippen molar-refractivity contribution >= 4 is 5.69 Å². The molecular weight excluding hydrogens is 280 g/mol. The van der Waals surface area contributed by atoms with Crippen LogP contribution in [0.25, 0.3) is 0 Å². The van der Waals surface area contributed by atoms with Crippen LogP contribution in [0, 0.1) is 11.3 Å². The summed E-state index contributed by atoms with van der Waals surface area (Å²) >= 11 is 0. The molecule has 0 amide bonds. The summed E-state index contributed by atoms with van der Waals surface area (Å²) in [4.78, 5) is 2.39. The van der Waals surface area contributed by atoms with E-state index < -0.39 is 0 Å². The second kappa shape index (κ2) is 7.87. The first kappa shape index (κ1) is 16.4. The van der Waals surface area contributed by atoms with Gasteiger partial charge in [0.25, 0.3) is 0 Å². The van der Waals surface area contributed by atoms with Gasteiger partial charge in [-0.25, -0.2) is 0 Å². The number of nitrogens with one attached hydrogen (secondary N) is 1. The molecule has 120 valence electrons. The van der Waals surface area contributed by atoms with Crippen molar-refractivity contribution < 1.29 is 9.47 Å². The van der Waals surface area contributed by atoms with Gasteiger partial charge in [-0.3, -0.25) is 0 Å². The van der Waals surface area contributed by atoms with Crippen LogP contribution in [0.3, 0.4) is 0 Å². The first-order valence-electron chi connectivity index (χ1n) is 7.57. The number of rotatable bonds is 6. The standard InChI is InChI=1S/C16H24N4O2/c1-20-6-5-19-11-13(20)4-3-7-22-16-9-14(18)12(10-17)8-15(16)21-2/h8-9,13,19H,3-7,11,18H2,1-2H3. The van der Waals surface area contributed by atoms with Crippen LogP contribution in [-0.4, -0.2) is 51.3 Å². The lowest BCUT2D eigenvalue weighted by molar-refractivity contribution is 0.177. The zero-order chi connectivity index (χ0) is 15.9. The summed E-state index contributed by atoms with van der Waals surface area (Å²) in [6.45, 7) is 3.78. The number of ether oxygens (including phenoxy) is 2. The number of nitrogens with zero attached hydrogens (tertiary/aromatic N) is 2. The van der Waals surface area contributed by atoms with Crippen LogP contribution in [0.1, 0.15) is 18.4 Å². The molecule has 0 radical (unpaired) electrons. The van der Waals surface area contributed by atoms with Gasteiger partial charge < -0.3 is 25.4 Å². The van der Waals surface area contributed by atoms with Crippen LogP contribution in [0.2, 0.25) is 0 Å². The molecule has 1 atom stereocenters. The van der Waals surface area contributed by atoms with E-state index in [9.17, 15) is 0 Å². The number of nitrogen functional groups attached to an aromatic ring is 1. The molecule has 1 unspecified atom stereocenters. The zero-order valence-electron chi connectivity index (χ0n) is 13.3. The van der Waals surface area contributed by atoms with Crippen LogP contribution < -0.4 is 20.5 Å². The molecule has 1 aliphatic rings. The molecule has 22 heavy (non-hydrogen) atoms. The fourth-order valence-electron chi connectivity index (χ4n) is 2.63. The fourth-order valence-corrected chi connectivity index (χ4v) is 2.63. The van der Waals surface area contributed by atoms with E-state index in [4.69, 9.17) is 20.5 Å². The molecule has 1 aromatic carbocycles. The van der Waals surface area contributed by atoms with Crippen LogP contribution in [0.5, 0.6) is 11.5 Å². The van der Waals surface area contributed by atoms with Gasteiger partial charge >= 0.3 is 0 Å². The van der Waals surface area contributed by atoms with Gasteiger partial charge in [-0.1, -0.05) is 0 Å². The molecule has 0 aliphatic carbocycles. The average Bonchev–Trinajstić information content (AvgIpc) is 2.53. The summed E-state index contributed by atoms with van der Waals surface area (Å²) in [5, 5.41) is 12.4. The van der Waals surface area contributed by atoms with E-state index in [-0.39, 0.29) is 0 Å². The first-order chi connectivity index (χ1) is 10.7. The van der Waals surface area contributed by atoms with E-state index in [1.807, 2.05) is 6.07 Å². The second-order valence-corrected chi connectivity index (χ2v) is 5.53. The number of hydrogen-bond acceptors (Lipinski definition) is 6. The molecule has 6 nitrogen and oxygen atoms in total. The Bertz CT molecular complexity index is 542. The highest BCUT2D eigenvalue weighted by atomic mass is 16.5. The summed E-state index contributed by atoms with van der Waals surface area (Å²) in [7, 11) is 3.72. The summed E-state index contributed by atoms with van der Waals surface area (Å²) in [5.41, 5.74) is 6.64. The molecule has 3 N–H and O–H groups in total. The van der Waals surface area contributed by atoms with E-state index in [1.165, 1.54) is 0 Å². The molecular formula is C16H24N4O2. The van der Waals surface area contributed by atoms with Gasteiger partial charge in [0.15, 0.2) is 11.5 Å². The van der Waals surface area contributed by atoms with Crippen molar-refractivity contribution in [3.63, 3.8) is 0 Å². The summed E-state index contributed by atoms with van der Waals surface area (Å²) in [6, 6.07) is 5.87. The quantitative estimate of drug-likeness (QED) is 0.607. The van der Waals surface area contributed by atoms with Gasteiger partial charge in [-0.2, -0.15) is 5.26 Å². The maximum atomic E-state index is 8.98. The van der Waals surface area contributed by atoms with Crippen molar-refractivity contribution in [2.24, 2.45) is 0 Å². The van der Waals surface area contributed by atoms with Crippen molar-refractivity contribution in [2.75, 3.05) is 46.1 Å². The predicted octanol–water partition coefficient (Wildman–Crippen LogP) is 1.21. The third kappa shape index (κ3) is 4.03. The Kier molecular flexibility index (Phi) is 5.87. The second-order valence-electron chi connectivity index (χ2n) is 5.53. The summed E-state index contributed by atoms with van der Waals surface area (Å²) in [6.07, 6.45) is 2.04. The molecule has 1 aliphatic heterocycles. The molecule has 0 saturated carbocycles. The molecule has 1 aromatic rings. The Balaban J connectivity index is 1.86. The average molecular weight is 304 g/mol. The van der Waals surface area contributed by atoms with E-state index >= 15 is 0 Å². The first-order valence-corrected chi connectivity index (χ1v) is 7.57. The maximum absolute atomic E-state index is 8.98. The van der Waals surface area contributed by atoms with E-state index in [0.717, 1.165) is 32.5 Å². The summed E-state index contributed by atoms with van der Waals surface area (Å²) in [5.74, 6) is 1.14. The van der Waals surface area contributed by atoms with Crippen molar-refractivity contribution in [2.45, 2.75) is 18.9 Å². The molecule has 6 heteroatoms. The maximum Gasteiger partial charge on any atom is 0.163 e. The van der Waals surface area contributed by atoms with Gasteiger partial charge in [-0.05, 0) is 19.9 Å². The van der Waals surface area contributed by atoms with Crippen molar-refractivity contribution in [3.8, 4) is 17.6 Å². The number of hydrogen-bond donors (Lipinski definition) is 2. The summed E-state index contributed by atoms with van der Waals surface area (Å²) < 4.78 is 11.0. The number of benzene rings is 1. The highest BCUT2D eigenvalue weighted by Crippen LogP contribution is 2.32. The predicted molar refractivity (Wildman–Crippen MR) is 86.1 cm³/mol. The third-order valence-corrected chi connectivity index (χ3v) is 4.04. The van der Waals surface area contributed by atoms with Crippen LogP contribution in [0.4, 0.5) is 5.69 Å². The minimum absolute atomic E-state index is 0.402. The molecule has 1 saturated heterocycles. The normalized spacial score (nSPS) is 18.7. The smallest absolute Gasteiger partial charge is 0.163 e. The lowest BCUT2D eigenvalue weighted by Crippen LogP contribution is -2.49. The Morgan fingerprint density at radius 3 is 2.95 bits per heavy atom. The highest BCUT2D eigenvalue weighted by molar-refractivity contribution is 5.62. The molecule has 0 aromatic heterocycles. The largest absolute Gasteiger partial charge is 0.493 e. The Morgan fingerprint density at radius 1 is 1.45 bits per heavy atom. The highest BCUT2D eigenvalue weighted by Gasteiger charge is 2.18. The van der Waals surface area contributed by atoms with Gasteiger partial charge in [0.05, 0.1) is 25.0 Å². The van der Waals surface area contributed by atoms with Gasteiger partial charge in [0.1, 0.15) is 6.07 Å². The molecule has 1 heterocycles. The number of methoxy groups -OCH3 is 1. The van der Waals surface area contributed by atoms with Gasteiger partial charge in [-0.15, -0.1) is 0 Å². The van der Waals surface area contributed by atoms with Gasteiger partial charge in [0, 0.05) is 37.8 Å². The number of piperazine rings is 1. The third-order valence-electron chi connectivity index (χ3n) is 4.04. The Morgan fingerprint density at radius 2 is 2.27 bits per heavy atom. The molecule has 0 spiro atoms. The fraction of sp³-hybridized carbons (Fsp3) is 0.562. The van der Waals surface area contributed by atoms with Crippen molar-refractivity contribution in [1.82, 2.24) is 10.2 Å². The SMILES string of the molecule is COc1cc(C#N)c(N)cc1OCCCC1CNCCN1C. The lowest BCUT2D eigenvalue weighted by Gasteiger charge is -2.33. The zero-order valence-corrected chi connectivity index (χ0v) is 13.3. The Labute approximate surface area is 131 Å². The van der Waals surface area contributed by atoms with E-state index in [2.05, 4.69) is 17.3 Å². The topological polar surface area (TPSA) is 83.5 Å². The minimum atomic E-state index is 0.402. The Hall–Kier alpha value is -1.97. The number of nitriles is 1. The number of anilines is 1. The number of likely N-dealkylation sites (N-methyl/N-ethyl adjacent to an activating group) is 1. The van der Waals surface area contributed by atoms with Crippen molar-refractivity contribution in [3.05, 3.63) is 17.7 Å². The van der Waals surface area contributed by atoms with Crippen molar-refractivity contribution in [1.29, 1.82) is 5.26 Å². The monoisotopic (exact) mass is 304 g/mol. The van der Waals surface area contributed by atoms with E-state index in [1.54, 1.807) is 19.2 Å². The lowest BCUT2D eigenvalue weighted by atomic mass is 10.1. The van der Waals surface area contributed by atoms with Crippen LogP contribution in [0.15, 0.2) is 12.1 Å². The molecule has 0 bridgehead atoms. The van der Waals surface area contributed by atoms with Crippen LogP contribution in [-0.2, 0) is 0 Å². The molecule has 2 rings (SSSR count). The molecule has 1 fully saturated rings.